The van der Waals surface area contributed by atoms with Crippen molar-refractivity contribution in [2.24, 2.45) is 0 Å². The second-order valence-corrected chi connectivity index (χ2v) is 4.87. The minimum absolute atomic E-state index is 0.0431. The van der Waals surface area contributed by atoms with E-state index in [1.54, 1.807) is 42.5 Å². The van der Waals surface area contributed by atoms with Crippen molar-refractivity contribution in [3.8, 4) is 17.2 Å². The van der Waals surface area contributed by atoms with E-state index in [1.165, 1.54) is 6.92 Å². The third kappa shape index (κ3) is 2.93. The summed E-state index contributed by atoms with van der Waals surface area (Å²) in [5.74, 6) is 0.904. The van der Waals surface area contributed by atoms with Gasteiger partial charge in [-0.1, -0.05) is 12.1 Å². The highest BCUT2D eigenvalue weighted by Gasteiger charge is 2.29. The minimum atomic E-state index is -0.817. The van der Waals surface area contributed by atoms with Crippen molar-refractivity contribution >= 4 is 11.8 Å². The quantitative estimate of drug-likeness (QED) is 0.495. The Morgan fingerprint density at radius 1 is 1.05 bits per heavy atom. The lowest BCUT2D eigenvalue weighted by atomic mass is 10.1. The number of ether oxygens (including phenoxy) is 3. The Morgan fingerprint density at radius 3 is 2.41 bits per heavy atom. The number of para-hydroxylation sites is 2. The van der Waals surface area contributed by atoms with Gasteiger partial charge in [0.1, 0.15) is 12.4 Å². The van der Waals surface area contributed by atoms with Gasteiger partial charge in [-0.25, -0.2) is 4.79 Å². The Kier molecular flexibility index (Phi) is 3.78. The molecular formula is C17H14O5. The lowest BCUT2D eigenvalue weighted by Crippen LogP contribution is -2.39. The van der Waals surface area contributed by atoms with E-state index < -0.39 is 12.1 Å². The molecule has 1 heterocycles. The van der Waals surface area contributed by atoms with E-state index in [-0.39, 0.29) is 12.4 Å². The standard InChI is InChI=1S/C17H14O5/c1-11(18)12-6-8-13(9-7-12)21-17(19)16-10-20-14-4-2-3-5-15(14)22-16/h2-9,16H,10H2,1H3/t16-/m1/s1. The van der Waals surface area contributed by atoms with Crippen LogP contribution >= 0.6 is 0 Å². The van der Waals surface area contributed by atoms with Crippen LogP contribution in [0.2, 0.25) is 0 Å². The molecular weight excluding hydrogens is 284 g/mol. The molecule has 5 nitrogen and oxygen atoms in total. The fraction of sp³-hybridized carbons (Fsp3) is 0.176. The maximum Gasteiger partial charge on any atom is 0.356 e. The van der Waals surface area contributed by atoms with Crippen LogP contribution in [0.3, 0.4) is 0 Å². The van der Waals surface area contributed by atoms with Crippen LogP contribution in [0.5, 0.6) is 17.2 Å². The first-order valence-electron chi connectivity index (χ1n) is 6.84. The maximum absolute atomic E-state index is 12.1. The molecule has 0 radical (unpaired) electrons. The minimum Gasteiger partial charge on any atom is -0.485 e. The van der Waals surface area contributed by atoms with Gasteiger partial charge in [-0.3, -0.25) is 4.79 Å². The zero-order valence-electron chi connectivity index (χ0n) is 11.9. The fourth-order valence-electron chi connectivity index (χ4n) is 2.08. The van der Waals surface area contributed by atoms with Crippen molar-refractivity contribution in [2.45, 2.75) is 13.0 Å². The summed E-state index contributed by atoms with van der Waals surface area (Å²) in [5.41, 5.74) is 0.561. The molecule has 22 heavy (non-hydrogen) atoms. The first kappa shape index (κ1) is 14.1. The average Bonchev–Trinajstić information content (AvgIpc) is 2.55. The Balaban J connectivity index is 1.66. The molecule has 0 saturated carbocycles. The van der Waals surface area contributed by atoms with E-state index in [0.29, 0.717) is 22.8 Å². The molecule has 0 bridgehead atoms. The van der Waals surface area contributed by atoms with Crippen LogP contribution in [-0.2, 0) is 4.79 Å². The van der Waals surface area contributed by atoms with Gasteiger partial charge in [-0.2, -0.15) is 0 Å². The number of carbonyl (C=O) groups is 2. The van der Waals surface area contributed by atoms with E-state index in [2.05, 4.69) is 0 Å². The number of hydrogen-bond acceptors (Lipinski definition) is 5. The molecule has 1 atom stereocenters. The van der Waals surface area contributed by atoms with Gasteiger partial charge in [0.15, 0.2) is 17.3 Å². The zero-order chi connectivity index (χ0) is 15.5. The number of Topliss-reactive ketones (excluding diaryl/α,β-unsaturated/α-hetero) is 1. The van der Waals surface area contributed by atoms with Crippen molar-refractivity contribution in [2.75, 3.05) is 6.61 Å². The van der Waals surface area contributed by atoms with Crippen LogP contribution in [0.1, 0.15) is 17.3 Å². The number of ketones is 1. The number of benzene rings is 2. The molecule has 1 aliphatic heterocycles. The highest BCUT2D eigenvalue weighted by Crippen LogP contribution is 2.31. The molecule has 5 heteroatoms. The molecule has 0 spiro atoms. The second kappa shape index (κ2) is 5.89. The highest BCUT2D eigenvalue weighted by molar-refractivity contribution is 5.94. The number of carbonyl (C=O) groups excluding carboxylic acids is 2. The van der Waals surface area contributed by atoms with Gasteiger partial charge in [0.2, 0.25) is 6.10 Å². The Bertz CT molecular complexity index is 705. The summed E-state index contributed by atoms with van der Waals surface area (Å²) < 4.78 is 16.3. The first-order chi connectivity index (χ1) is 10.6. The topological polar surface area (TPSA) is 61.8 Å². The van der Waals surface area contributed by atoms with E-state index in [9.17, 15) is 9.59 Å². The van der Waals surface area contributed by atoms with Crippen LogP contribution in [-0.4, -0.2) is 24.5 Å². The van der Waals surface area contributed by atoms with Gasteiger partial charge in [-0.05, 0) is 43.3 Å². The van der Waals surface area contributed by atoms with Crippen LogP contribution in [0.4, 0.5) is 0 Å². The molecule has 0 N–H and O–H groups in total. The third-order valence-electron chi connectivity index (χ3n) is 3.25. The molecule has 0 saturated heterocycles. The van der Waals surface area contributed by atoms with Gasteiger partial charge in [0.05, 0.1) is 0 Å². The molecule has 0 unspecified atom stereocenters. The predicted molar refractivity (Wildman–Crippen MR) is 78.4 cm³/mol. The lowest BCUT2D eigenvalue weighted by molar-refractivity contribution is -0.144. The molecule has 2 aromatic carbocycles. The number of rotatable bonds is 3. The number of esters is 1. The predicted octanol–water partition coefficient (Wildman–Crippen LogP) is 2.63. The zero-order valence-corrected chi connectivity index (χ0v) is 11.9. The average molecular weight is 298 g/mol. The normalized spacial score (nSPS) is 16.0. The molecule has 2 aromatic rings. The third-order valence-corrected chi connectivity index (χ3v) is 3.25. The summed E-state index contributed by atoms with van der Waals surface area (Å²) >= 11 is 0. The smallest absolute Gasteiger partial charge is 0.356 e. The van der Waals surface area contributed by atoms with Crippen molar-refractivity contribution in [3.63, 3.8) is 0 Å². The van der Waals surface area contributed by atoms with Crippen LogP contribution in [0.15, 0.2) is 48.5 Å². The van der Waals surface area contributed by atoms with E-state index in [4.69, 9.17) is 14.2 Å². The maximum atomic E-state index is 12.1. The van der Waals surface area contributed by atoms with E-state index >= 15 is 0 Å². The van der Waals surface area contributed by atoms with Crippen LogP contribution in [0.25, 0.3) is 0 Å². The molecule has 0 fully saturated rings. The molecule has 0 amide bonds. The van der Waals surface area contributed by atoms with Crippen LogP contribution < -0.4 is 14.2 Å². The van der Waals surface area contributed by atoms with Crippen molar-refractivity contribution in [1.82, 2.24) is 0 Å². The lowest BCUT2D eigenvalue weighted by Gasteiger charge is -2.24. The summed E-state index contributed by atoms with van der Waals surface area (Å²) in [5, 5.41) is 0. The summed E-state index contributed by atoms with van der Waals surface area (Å²) in [6.45, 7) is 1.58. The fourth-order valence-corrected chi connectivity index (χ4v) is 2.08. The van der Waals surface area contributed by atoms with Crippen molar-refractivity contribution in [3.05, 3.63) is 54.1 Å². The summed E-state index contributed by atoms with van der Waals surface area (Å²) in [6, 6.07) is 13.5. The van der Waals surface area contributed by atoms with Crippen molar-refractivity contribution < 1.29 is 23.8 Å². The largest absolute Gasteiger partial charge is 0.485 e. The van der Waals surface area contributed by atoms with E-state index in [0.717, 1.165) is 0 Å². The monoisotopic (exact) mass is 298 g/mol. The van der Waals surface area contributed by atoms with Gasteiger partial charge < -0.3 is 14.2 Å². The molecule has 0 aliphatic carbocycles. The first-order valence-corrected chi connectivity index (χ1v) is 6.84. The van der Waals surface area contributed by atoms with Crippen LogP contribution in [0, 0.1) is 0 Å². The molecule has 3 rings (SSSR count). The second-order valence-electron chi connectivity index (χ2n) is 4.87. The number of fused-ring (bicyclic) bond motifs is 1. The SMILES string of the molecule is CC(=O)c1ccc(OC(=O)[C@H]2COc3ccccc3O2)cc1. The Labute approximate surface area is 127 Å². The summed E-state index contributed by atoms with van der Waals surface area (Å²) in [6.07, 6.45) is -0.817. The molecule has 0 aromatic heterocycles. The van der Waals surface area contributed by atoms with Gasteiger partial charge in [0, 0.05) is 5.56 Å². The highest BCUT2D eigenvalue weighted by atomic mass is 16.6. The summed E-state index contributed by atoms with van der Waals surface area (Å²) in [4.78, 5) is 23.3. The Morgan fingerprint density at radius 2 is 1.73 bits per heavy atom. The van der Waals surface area contributed by atoms with Gasteiger partial charge in [0.25, 0.3) is 0 Å². The van der Waals surface area contributed by atoms with Crippen molar-refractivity contribution in [1.29, 1.82) is 0 Å². The van der Waals surface area contributed by atoms with Gasteiger partial charge in [-0.15, -0.1) is 0 Å². The molecule has 112 valence electrons. The van der Waals surface area contributed by atoms with E-state index in [1.807, 2.05) is 6.07 Å². The number of hydrogen-bond donors (Lipinski definition) is 0. The van der Waals surface area contributed by atoms with Gasteiger partial charge >= 0.3 is 5.97 Å². The molecule has 1 aliphatic rings. The Hall–Kier alpha value is -2.82. The summed E-state index contributed by atoms with van der Waals surface area (Å²) in [7, 11) is 0.